The van der Waals surface area contributed by atoms with Crippen LogP contribution in [0.15, 0.2) is 6.07 Å². The zero-order valence-corrected chi connectivity index (χ0v) is 16.5. The number of anilines is 1. The predicted molar refractivity (Wildman–Crippen MR) is 106 cm³/mol. The Kier molecular flexibility index (Phi) is 5.53. The minimum absolute atomic E-state index is 0. The van der Waals surface area contributed by atoms with Crippen LogP contribution >= 0.6 is 24.8 Å². The second-order valence-electron chi connectivity index (χ2n) is 8.59. The summed E-state index contributed by atoms with van der Waals surface area (Å²) in [5.74, 6) is 3.53. The van der Waals surface area contributed by atoms with Crippen molar-refractivity contribution >= 4 is 30.6 Å². The summed E-state index contributed by atoms with van der Waals surface area (Å²) in [6, 6.07) is 2.67. The van der Waals surface area contributed by atoms with Gasteiger partial charge < -0.3 is 10.6 Å². The zero-order valence-electron chi connectivity index (χ0n) is 14.8. The lowest BCUT2D eigenvalue weighted by molar-refractivity contribution is 0.340. The predicted octanol–water partition coefficient (Wildman–Crippen LogP) is 4.17. The first-order chi connectivity index (χ1) is 11.2. The SMILES string of the molecule is Cl.Cl.NC1CC(c2cc(N3CCC4(CCCC4)C3)nc(C3CC3)n2)C1. The number of aromatic nitrogens is 2. The monoisotopic (exact) mass is 384 g/mol. The Bertz CT molecular complexity index is 607. The van der Waals surface area contributed by atoms with Crippen LogP contribution in [0.1, 0.15) is 81.1 Å². The van der Waals surface area contributed by atoms with E-state index >= 15 is 0 Å². The summed E-state index contributed by atoms with van der Waals surface area (Å²) in [4.78, 5) is 12.5. The molecule has 2 N–H and O–H groups in total. The molecule has 140 valence electrons. The maximum Gasteiger partial charge on any atom is 0.134 e. The molecule has 3 aliphatic carbocycles. The number of halogens is 2. The van der Waals surface area contributed by atoms with Crippen molar-refractivity contribution in [3.8, 4) is 0 Å². The standard InChI is InChI=1S/C19H28N4.2ClH/c20-15-9-14(10-15)16-11-17(22-18(21-16)13-3-4-13)23-8-7-19(12-23)5-1-2-6-19;;/h11,13-15H,1-10,12,20H2;2*1H. The molecule has 2 heterocycles. The molecule has 4 nitrogen and oxygen atoms in total. The van der Waals surface area contributed by atoms with Gasteiger partial charge in [-0.3, -0.25) is 0 Å². The third-order valence-corrected chi connectivity index (χ3v) is 6.71. The lowest BCUT2D eigenvalue weighted by Crippen LogP contribution is -2.35. The number of hydrogen-bond donors (Lipinski definition) is 1. The minimum Gasteiger partial charge on any atom is -0.356 e. The van der Waals surface area contributed by atoms with Crippen LogP contribution in [0.2, 0.25) is 0 Å². The molecule has 4 aliphatic rings. The number of nitrogens with two attached hydrogens (primary N) is 1. The first kappa shape index (κ1) is 19.2. The molecule has 1 aromatic rings. The molecule has 0 radical (unpaired) electrons. The van der Waals surface area contributed by atoms with Gasteiger partial charge in [0.2, 0.25) is 0 Å². The molecule has 1 saturated heterocycles. The Hall–Kier alpha value is -0.580. The first-order valence-corrected chi connectivity index (χ1v) is 9.60. The van der Waals surface area contributed by atoms with E-state index in [0.717, 1.165) is 18.7 Å². The van der Waals surface area contributed by atoms with Crippen molar-refractivity contribution < 1.29 is 0 Å². The molecule has 0 amide bonds. The van der Waals surface area contributed by atoms with Crippen molar-refractivity contribution in [1.29, 1.82) is 0 Å². The van der Waals surface area contributed by atoms with Crippen molar-refractivity contribution in [3.05, 3.63) is 17.6 Å². The fraction of sp³-hybridized carbons (Fsp3) is 0.789. The van der Waals surface area contributed by atoms with Crippen LogP contribution in [0.4, 0.5) is 5.82 Å². The van der Waals surface area contributed by atoms with Crippen molar-refractivity contribution in [2.75, 3.05) is 18.0 Å². The molecule has 0 unspecified atom stereocenters. The second kappa shape index (κ2) is 7.21. The van der Waals surface area contributed by atoms with Crippen molar-refractivity contribution in [1.82, 2.24) is 9.97 Å². The van der Waals surface area contributed by atoms with Crippen LogP contribution in [-0.2, 0) is 0 Å². The summed E-state index contributed by atoms with van der Waals surface area (Å²) in [7, 11) is 0. The lowest BCUT2D eigenvalue weighted by Gasteiger charge is -2.33. The minimum atomic E-state index is 0. The molecule has 4 fully saturated rings. The maximum atomic E-state index is 6.00. The third kappa shape index (κ3) is 3.63. The van der Waals surface area contributed by atoms with E-state index in [2.05, 4.69) is 11.0 Å². The highest BCUT2D eigenvalue weighted by Crippen LogP contribution is 2.47. The summed E-state index contributed by atoms with van der Waals surface area (Å²) < 4.78 is 0. The van der Waals surface area contributed by atoms with Crippen molar-refractivity contribution in [3.63, 3.8) is 0 Å². The van der Waals surface area contributed by atoms with Gasteiger partial charge in [0.1, 0.15) is 11.6 Å². The van der Waals surface area contributed by atoms with Crippen molar-refractivity contribution in [2.24, 2.45) is 11.1 Å². The molecule has 1 aromatic heterocycles. The molecule has 1 aliphatic heterocycles. The van der Waals surface area contributed by atoms with E-state index < -0.39 is 0 Å². The number of hydrogen-bond acceptors (Lipinski definition) is 4. The van der Waals surface area contributed by atoms with Crippen LogP contribution in [0.25, 0.3) is 0 Å². The van der Waals surface area contributed by atoms with Gasteiger partial charge in [0.15, 0.2) is 0 Å². The van der Waals surface area contributed by atoms with Crippen LogP contribution in [-0.4, -0.2) is 29.1 Å². The summed E-state index contributed by atoms with van der Waals surface area (Å²) in [5.41, 5.74) is 7.87. The molecule has 0 aromatic carbocycles. The van der Waals surface area contributed by atoms with E-state index in [9.17, 15) is 0 Å². The Morgan fingerprint density at radius 1 is 1.00 bits per heavy atom. The fourth-order valence-electron chi connectivity index (χ4n) is 4.93. The highest BCUT2D eigenvalue weighted by Gasteiger charge is 2.41. The lowest BCUT2D eigenvalue weighted by atomic mass is 9.78. The van der Waals surface area contributed by atoms with Gasteiger partial charge >= 0.3 is 0 Å². The molecule has 25 heavy (non-hydrogen) atoms. The topological polar surface area (TPSA) is 55.0 Å². The Morgan fingerprint density at radius 3 is 2.36 bits per heavy atom. The maximum absolute atomic E-state index is 6.00. The van der Waals surface area contributed by atoms with Gasteiger partial charge in [0, 0.05) is 42.7 Å². The van der Waals surface area contributed by atoms with E-state index in [1.54, 1.807) is 0 Å². The van der Waals surface area contributed by atoms with Gasteiger partial charge in [0.05, 0.1) is 0 Å². The summed E-state index contributed by atoms with van der Waals surface area (Å²) in [5, 5.41) is 0. The van der Waals surface area contributed by atoms with Crippen LogP contribution in [0.3, 0.4) is 0 Å². The van der Waals surface area contributed by atoms with Crippen LogP contribution < -0.4 is 10.6 Å². The van der Waals surface area contributed by atoms with Gasteiger partial charge in [-0.1, -0.05) is 12.8 Å². The molecule has 0 bridgehead atoms. The summed E-state index contributed by atoms with van der Waals surface area (Å²) in [6.07, 6.45) is 11.8. The second-order valence-corrected chi connectivity index (χ2v) is 8.59. The van der Waals surface area contributed by atoms with Crippen LogP contribution in [0, 0.1) is 5.41 Å². The molecule has 5 rings (SSSR count). The number of nitrogens with zero attached hydrogens (tertiary/aromatic N) is 3. The third-order valence-electron chi connectivity index (χ3n) is 6.71. The van der Waals surface area contributed by atoms with E-state index in [1.165, 1.54) is 69.5 Å². The van der Waals surface area contributed by atoms with Gasteiger partial charge in [-0.15, -0.1) is 24.8 Å². The zero-order chi connectivity index (χ0) is 15.4. The van der Waals surface area contributed by atoms with E-state index in [0.29, 0.717) is 23.3 Å². The highest BCUT2D eigenvalue weighted by molar-refractivity contribution is 5.85. The Morgan fingerprint density at radius 2 is 1.72 bits per heavy atom. The molecule has 0 atom stereocenters. The van der Waals surface area contributed by atoms with Crippen molar-refractivity contribution in [2.45, 2.75) is 75.7 Å². The summed E-state index contributed by atoms with van der Waals surface area (Å²) in [6.45, 7) is 2.41. The molecule has 1 spiro atoms. The van der Waals surface area contributed by atoms with E-state index in [4.69, 9.17) is 15.7 Å². The largest absolute Gasteiger partial charge is 0.356 e. The molecular formula is C19H30Cl2N4. The Balaban J connectivity index is 0.000000911. The van der Waals surface area contributed by atoms with E-state index in [-0.39, 0.29) is 24.8 Å². The molecular weight excluding hydrogens is 355 g/mol. The quantitative estimate of drug-likeness (QED) is 0.849. The average molecular weight is 385 g/mol. The van der Waals surface area contributed by atoms with Gasteiger partial charge in [-0.2, -0.15) is 0 Å². The van der Waals surface area contributed by atoms with Gasteiger partial charge in [-0.25, -0.2) is 9.97 Å². The summed E-state index contributed by atoms with van der Waals surface area (Å²) >= 11 is 0. The first-order valence-electron chi connectivity index (χ1n) is 9.60. The van der Waals surface area contributed by atoms with Gasteiger partial charge in [-0.05, 0) is 50.4 Å². The smallest absolute Gasteiger partial charge is 0.134 e. The highest BCUT2D eigenvalue weighted by atomic mass is 35.5. The Labute approximate surface area is 163 Å². The molecule has 3 saturated carbocycles. The average Bonchev–Trinajstić information content (AvgIpc) is 3.16. The van der Waals surface area contributed by atoms with E-state index in [1.807, 2.05) is 0 Å². The number of rotatable bonds is 3. The molecule has 6 heteroatoms. The fourth-order valence-corrected chi connectivity index (χ4v) is 4.93. The van der Waals surface area contributed by atoms with Gasteiger partial charge in [0.25, 0.3) is 0 Å². The normalized spacial score (nSPS) is 29.9. The van der Waals surface area contributed by atoms with Crippen LogP contribution in [0.5, 0.6) is 0 Å².